The van der Waals surface area contributed by atoms with Gasteiger partial charge in [0, 0.05) is 10.0 Å². The fourth-order valence-corrected chi connectivity index (χ4v) is 1.56. The molecule has 14 heavy (non-hydrogen) atoms. The van der Waals surface area contributed by atoms with Crippen molar-refractivity contribution in [2.45, 2.75) is 13.3 Å². The van der Waals surface area contributed by atoms with Gasteiger partial charge in [-0.1, -0.05) is 28.1 Å². The molecule has 0 aliphatic carbocycles. The zero-order valence-electron chi connectivity index (χ0n) is 8.29. The Balaban J connectivity index is 2.79. The molecule has 1 aromatic rings. The van der Waals surface area contributed by atoms with E-state index >= 15 is 0 Å². The van der Waals surface area contributed by atoms with E-state index < -0.39 is 0 Å². The van der Waals surface area contributed by atoms with Gasteiger partial charge in [-0.2, -0.15) is 0 Å². The Morgan fingerprint density at radius 2 is 2.36 bits per heavy atom. The predicted octanol–water partition coefficient (Wildman–Crippen LogP) is 4.05. The van der Waals surface area contributed by atoms with Gasteiger partial charge in [0.25, 0.3) is 0 Å². The summed E-state index contributed by atoms with van der Waals surface area (Å²) in [5, 5.41) is 0. The van der Waals surface area contributed by atoms with Gasteiger partial charge in [-0.05, 0) is 38.5 Å². The summed E-state index contributed by atoms with van der Waals surface area (Å²) in [6.07, 6.45) is 2.75. The minimum Gasteiger partial charge on any atom is -0.493 e. The van der Waals surface area contributed by atoms with Crippen LogP contribution in [0.25, 0.3) is 5.76 Å². The van der Waals surface area contributed by atoms with Crippen molar-refractivity contribution in [2.24, 2.45) is 0 Å². The van der Waals surface area contributed by atoms with Crippen LogP contribution in [0.2, 0.25) is 0 Å². The van der Waals surface area contributed by atoms with E-state index in [0.29, 0.717) is 6.61 Å². The van der Waals surface area contributed by atoms with Crippen molar-refractivity contribution >= 4 is 21.7 Å². The quantitative estimate of drug-likeness (QED) is 0.736. The maximum absolute atomic E-state index is 5.56. The predicted molar refractivity (Wildman–Crippen MR) is 63.7 cm³/mol. The molecule has 0 unspecified atom stereocenters. The molecule has 0 bridgehead atoms. The van der Waals surface area contributed by atoms with E-state index in [4.69, 9.17) is 4.74 Å². The molecule has 0 fully saturated rings. The summed E-state index contributed by atoms with van der Waals surface area (Å²) in [6, 6.07) is 8.07. The second kappa shape index (κ2) is 5.86. The van der Waals surface area contributed by atoms with Crippen molar-refractivity contribution in [1.82, 2.24) is 0 Å². The van der Waals surface area contributed by atoms with Gasteiger partial charge >= 0.3 is 0 Å². The second-order valence-corrected chi connectivity index (χ2v) is 3.78. The third-order valence-corrected chi connectivity index (χ3v) is 2.27. The Kier molecular flexibility index (Phi) is 4.74. The van der Waals surface area contributed by atoms with Crippen LogP contribution in [0.5, 0.6) is 0 Å². The first-order chi connectivity index (χ1) is 6.77. The number of ether oxygens (including phenoxy) is 1. The fraction of sp³-hybridized carbons (Fsp3) is 0.250. The highest BCUT2D eigenvalue weighted by atomic mass is 79.9. The summed E-state index contributed by atoms with van der Waals surface area (Å²) < 4.78 is 6.62. The van der Waals surface area contributed by atoms with Crippen LogP contribution in [0.4, 0.5) is 0 Å². The zero-order chi connectivity index (χ0) is 10.4. The van der Waals surface area contributed by atoms with Crippen LogP contribution in [-0.4, -0.2) is 6.61 Å². The highest BCUT2D eigenvalue weighted by Crippen LogP contribution is 2.20. The summed E-state index contributed by atoms with van der Waals surface area (Å²) in [5.74, 6) is 0.912. The minimum absolute atomic E-state index is 0.659. The molecule has 0 amide bonds. The van der Waals surface area contributed by atoms with E-state index in [1.165, 1.54) is 0 Å². The molecule has 1 radical (unpaired) electrons. The second-order valence-electron chi connectivity index (χ2n) is 2.87. The highest BCUT2D eigenvalue weighted by molar-refractivity contribution is 9.10. The largest absolute Gasteiger partial charge is 0.493 e. The van der Waals surface area contributed by atoms with Gasteiger partial charge in [-0.3, -0.25) is 0 Å². The monoisotopic (exact) mass is 253 g/mol. The van der Waals surface area contributed by atoms with Crippen LogP contribution in [0.15, 0.2) is 34.8 Å². The molecule has 0 atom stereocenters. The lowest BCUT2D eigenvalue weighted by molar-refractivity contribution is 0.283. The van der Waals surface area contributed by atoms with Crippen LogP contribution in [0.1, 0.15) is 18.9 Å². The van der Waals surface area contributed by atoms with Crippen LogP contribution >= 0.6 is 15.9 Å². The summed E-state index contributed by atoms with van der Waals surface area (Å²) in [6.45, 7) is 6.37. The summed E-state index contributed by atoms with van der Waals surface area (Å²) >= 11 is 3.43. The summed E-state index contributed by atoms with van der Waals surface area (Å²) in [7, 11) is 0. The average Bonchev–Trinajstić information content (AvgIpc) is 2.19. The first kappa shape index (κ1) is 11.3. The van der Waals surface area contributed by atoms with Gasteiger partial charge in [-0.15, -0.1) is 0 Å². The molecular weight excluding hydrogens is 240 g/mol. The Labute approximate surface area is 93.9 Å². The molecule has 0 saturated carbocycles. The molecule has 0 aliphatic heterocycles. The SMILES string of the molecule is [CH2]CCOC(=CC)c1cccc(Br)c1. The van der Waals surface area contributed by atoms with Gasteiger partial charge in [0.15, 0.2) is 0 Å². The van der Waals surface area contributed by atoms with Crippen molar-refractivity contribution in [3.63, 3.8) is 0 Å². The number of halogens is 1. The first-order valence-corrected chi connectivity index (χ1v) is 5.41. The van der Waals surface area contributed by atoms with Crippen LogP contribution in [-0.2, 0) is 4.74 Å². The lowest BCUT2D eigenvalue weighted by Gasteiger charge is -2.09. The Hall–Kier alpha value is -0.760. The fourth-order valence-electron chi connectivity index (χ4n) is 1.16. The molecule has 0 heterocycles. The molecule has 0 N–H and O–H groups in total. The molecule has 0 aromatic heterocycles. The van der Waals surface area contributed by atoms with Crippen LogP contribution in [0, 0.1) is 6.92 Å². The molecule has 1 rings (SSSR count). The van der Waals surface area contributed by atoms with E-state index in [-0.39, 0.29) is 0 Å². The Morgan fingerprint density at radius 3 is 2.93 bits per heavy atom. The lowest BCUT2D eigenvalue weighted by Crippen LogP contribution is -1.93. The zero-order valence-corrected chi connectivity index (χ0v) is 9.88. The van der Waals surface area contributed by atoms with Crippen molar-refractivity contribution < 1.29 is 4.74 Å². The first-order valence-electron chi connectivity index (χ1n) is 4.62. The standard InChI is InChI=1S/C12H14BrO/c1-3-8-14-12(4-2)10-6-5-7-11(13)9-10/h4-7,9H,1,3,8H2,2H3. The third kappa shape index (κ3) is 3.18. The van der Waals surface area contributed by atoms with Crippen molar-refractivity contribution in [3.8, 4) is 0 Å². The Morgan fingerprint density at radius 1 is 1.57 bits per heavy atom. The van der Waals surface area contributed by atoms with Gasteiger partial charge in [0.05, 0.1) is 6.61 Å². The topological polar surface area (TPSA) is 9.23 Å². The van der Waals surface area contributed by atoms with Gasteiger partial charge < -0.3 is 4.74 Å². The molecule has 2 heteroatoms. The van der Waals surface area contributed by atoms with Crippen molar-refractivity contribution in [2.75, 3.05) is 6.61 Å². The van der Waals surface area contributed by atoms with Gasteiger partial charge in [0.2, 0.25) is 0 Å². The Bertz CT molecular complexity index is 318. The van der Waals surface area contributed by atoms with Crippen molar-refractivity contribution in [3.05, 3.63) is 47.3 Å². The summed E-state index contributed by atoms with van der Waals surface area (Å²) in [5.41, 5.74) is 1.09. The smallest absolute Gasteiger partial charge is 0.122 e. The van der Waals surface area contributed by atoms with E-state index in [9.17, 15) is 0 Å². The normalized spacial score (nSPS) is 11.5. The molecule has 1 nitrogen and oxygen atoms in total. The van der Waals surface area contributed by atoms with E-state index in [1.807, 2.05) is 37.3 Å². The van der Waals surface area contributed by atoms with Gasteiger partial charge in [0.1, 0.15) is 5.76 Å². The van der Waals surface area contributed by atoms with Crippen molar-refractivity contribution in [1.29, 1.82) is 0 Å². The number of hydrogen-bond acceptors (Lipinski definition) is 1. The third-order valence-electron chi connectivity index (χ3n) is 1.77. The van der Waals surface area contributed by atoms with Crippen LogP contribution in [0.3, 0.4) is 0 Å². The molecular formula is C12H14BrO. The van der Waals surface area contributed by atoms with Crippen LogP contribution < -0.4 is 0 Å². The number of rotatable bonds is 4. The summed E-state index contributed by atoms with van der Waals surface area (Å²) in [4.78, 5) is 0. The molecule has 75 valence electrons. The van der Waals surface area contributed by atoms with E-state index in [0.717, 1.165) is 22.2 Å². The number of benzene rings is 1. The maximum Gasteiger partial charge on any atom is 0.122 e. The molecule has 0 aliphatic rings. The molecule has 0 saturated heterocycles. The minimum atomic E-state index is 0.659. The maximum atomic E-state index is 5.56. The van der Waals surface area contributed by atoms with E-state index in [1.54, 1.807) is 0 Å². The molecule has 0 spiro atoms. The number of allylic oxidation sites excluding steroid dienone is 1. The average molecular weight is 254 g/mol. The molecule has 1 aromatic carbocycles. The van der Waals surface area contributed by atoms with E-state index in [2.05, 4.69) is 22.9 Å². The highest BCUT2D eigenvalue weighted by Gasteiger charge is 2.01. The van der Waals surface area contributed by atoms with Gasteiger partial charge in [-0.25, -0.2) is 0 Å². The lowest BCUT2D eigenvalue weighted by atomic mass is 10.2. The number of hydrogen-bond donors (Lipinski definition) is 0.